The van der Waals surface area contributed by atoms with Crippen LogP contribution in [-0.2, 0) is 14.3 Å². The topological polar surface area (TPSA) is 88.5 Å². The van der Waals surface area contributed by atoms with Crippen LogP contribution < -0.4 is 14.4 Å². The summed E-state index contributed by atoms with van der Waals surface area (Å²) in [5.41, 5.74) is 1.94. The van der Waals surface area contributed by atoms with E-state index in [1.165, 1.54) is 19.1 Å². The van der Waals surface area contributed by atoms with Crippen LogP contribution in [0.1, 0.15) is 30.0 Å². The third kappa shape index (κ3) is 4.21. The Hall–Kier alpha value is -3.52. The van der Waals surface area contributed by atoms with Crippen molar-refractivity contribution in [3.05, 3.63) is 59.2 Å². The molecule has 34 heavy (non-hydrogen) atoms. The van der Waals surface area contributed by atoms with Crippen molar-refractivity contribution in [1.82, 2.24) is 4.90 Å². The third-order valence-electron chi connectivity index (χ3n) is 6.35. The maximum Gasteiger partial charge on any atom is 0.295 e. The maximum atomic E-state index is 13.3. The molecule has 2 fully saturated rings. The van der Waals surface area contributed by atoms with Gasteiger partial charge in [0.05, 0.1) is 31.9 Å². The predicted molar refractivity (Wildman–Crippen MR) is 128 cm³/mol. The molecule has 4 rings (SSSR count). The highest BCUT2D eigenvalue weighted by Gasteiger charge is 2.47. The number of ketones is 1. The van der Waals surface area contributed by atoms with Gasteiger partial charge >= 0.3 is 0 Å². The van der Waals surface area contributed by atoms with E-state index in [9.17, 15) is 14.7 Å². The summed E-state index contributed by atoms with van der Waals surface area (Å²) in [6, 6.07) is 11.9. The molecule has 0 bridgehead atoms. The number of nitrogens with zero attached hydrogens (tertiary/aromatic N) is 2. The van der Waals surface area contributed by atoms with Crippen LogP contribution in [-0.4, -0.2) is 69.3 Å². The maximum absolute atomic E-state index is 13.3. The molecule has 2 heterocycles. The number of likely N-dealkylation sites (tertiary alicyclic amines) is 1. The number of rotatable bonds is 7. The van der Waals surface area contributed by atoms with Gasteiger partial charge in [0.1, 0.15) is 22.8 Å². The van der Waals surface area contributed by atoms with Crippen molar-refractivity contribution in [3.8, 4) is 11.5 Å². The minimum Gasteiger partial charge on any atom is -0.506 e. The number of methoxy groups -OCH3 is 2. The summed E-state index contributed by atoms with van der Waals surface area (Å²) < 4.78 is 16.6. The van der Waals surface area contributed by atoms with E-state index in [2.05, 4.69) is 0 Å². The van der Waals surface area contributed by atoms with E-state index in [0.29, 0.717) is 18.1 Å². The monoisotopic (exact) mass is 466 g/mol. The van der Waals surface area contributed by atoms with E-state index in [0.717, 1.165) is 24.1 Å². The number of ether oxygens (including phenoxy) is 3. The molecule has 1 amide bonds. The Kier molecular flexibility index (Phi) is 6.79. The number of Topliss-reactive ketones (excluding diaryl/α,β-unsaturated/α-hetero) is 1. The van der Waals surface area contributed by atoms with Crippen molar-refractivity contribution in [3.63, 3.8) is 0 Å². The fraction of sp³-hybridized carbons (Fsp3) is 0.385. The Morgan fingerprint density at radius 1 is 1.09 bits per heavy atom. The third-order valence-corrected chi connectivity index (χ3v) is 6.35. The van der Waals surface area contributed by atoms with Gasteiger partial charge in [-0.15, -0.1) is 0 Å². The van der Waals surface area contributed by atoms with Crippen molar-refractivity contribution in [2.75, 3.05) is 46.4 Å². The van der Waals surface area contributed by atoms with Crippen molar-refractivity contribution in [2.24, 2.45) is 0 Å². The molecular formula is C26H30N2O6. The van der Waals surface area contributed by atoms with Gasteiger partial charge in [0, 0.05) is 32.9 Å². The number of hydrogen-bond acceptors (Lipinski definition) is 7. The normalized spacial score (nSPS) is 21.7. The molecule has 2 aromatic carbocycles. The number of benzene rings is 2. The highest BCUT2D eigenvalue weighted by atomic mass is 16.5. The molecule has 180 valence electrons. The fourth-order valence-electron chi connectivity index (χ4n) is 4.60. The highest BCUT2D eigenvalue weighted by Crippen LogP contribution is 2.44. The van der Waals surface area contributed by atoms with Gasteiger partial charge in [-0.1, -0.05) is 18.2 Å². The van der Waals surface area contributed by atoms with E-state index >= 15 is 0 Å². The Balaban J connectivity index is 1.88. The Labute approximate surface area is 199 Å². The summed E-state index contributed by atoms with van der Waals surface area (Å²) in [4.78, 5) is 30.0. The first-order valence-corrected chi connectivity index (χ1v) is 11.3. The van der Waals surface area contributed by atoms with E-state index in [-0.39, 0.29) is 29.5 Å². The first-order valence-electron chi connectivity index (χ1n) is 11.3. The summed E-state index contributed by atoms with van der Waals surface area (Å²) in [5.74, 6) is -1.06. The van der Waals surface area contributed by atoms with Gasteiger partial charge in [-0.3, -0.25) is 9.59 Å². The minimum atomic E-state index is -0.768. The van der Waals surface area contributed by atoms with E-state index in [4.69, 9.17) is 14.2 Å². The molecule has 0 aliphatic carbocycles. The lowest BCUT2D eigenvalue weighted by Gasteiger charge is -2.28. The molecule has 2 saturated heterocycles. The number of carbonyl (C=O) groups is 2. The number of aliphatic hydroxyl groups is 1. The Morgan fingerprint density at radius 3 is 2.26 bits per heavy atom. The molecule has 2 unspecified atom stereocenters. The minimum absolute atomic E-state index is 0.00315. The van der Waals surface area contributed by atoms with Gasteiger partial charge < -0.3 is 29.1 Å². The number of amides is 1. The molecule has 0 radical (unpaired) electrons. The molecule has 2 aliphatic rings. The second-order valence-electron chi connectivity index (χ2n) is 8.61. The molecule has 2 aromatic rings. The first kappa shape index (κ1) is 23.6. The Morgan fingerprint density at radius 2 is 1.74 bits per heavy atom. The second kappa shape index (κ2) is 9.77. The van der Waals surface area contributed by atoms with Crippen LogP contribution in [0.5, 0.6) is 11.5 Å². The quantitative estimate of drug-likeness (QED) is 0.380. The highest BCUT2D eigenvalue weighted by molar-refractivity contribution is 6.46. The van der Waals surface area contributed by atoms with Crippen LogP contribution in [0.15, 0.2) is 48.0 Å². The van der Waals surface area contributed by atoms with Gasteiger partial charge in [-0.2, -0.15) is 0 Å². The van der Waals surface area contributed by atoms with E-state index in [1.807, 2.05) is 43.3 Å². The zero-order chi connectivity index (χ0) is 24.4. The van der Waals surface area contributed by atoms with Crippen LogP contribution in [0.4, 0.5) is 5.69 Å². The van der Waals surface area contributed by atoms with Gasteiger partial charge in [0.2, 0.25) is 0 Å². The Bertz CT molecular complexity index is 1080. The molecule has 8 heteroatoms. The van der Waals surface area contributed by atoms with Crippen molar-refractivity contribution in [2.45, 2.75) is 25.0 Å². The van der Waals surface area contributed by atoms with Crippen LogP contribution in [0.25, 0.3) is 5.76 Å². The number of aliphatic hydroxyl groups excluding tert-OH is 1. The smallest absolute Gasteiger partial charge is 0.295 e. The van der Waals surface area contributed by atoms with E-state index in [1.54, 1.807) is 18.2 Å². The number of carbonyl (C=O) groups excluding carboxylic acids is 2. The summed E-state index contributed by atoms with van der Waals surface area (Å²) in [5, 5.41) is 11.5. The molecule has 0 saturated carbocycles. The molecule has 0 aromatic heterocycles. The first-order chi connectivity index (χ1) is 16.4. The van der Waals surface area contributed by atoms with E-state index < -0.39 is 17.7 Å². The second-order valence-corrected chi connectivity index (χ2v) is 8.61. The average molecular weight is 467 g/mol. The van der Waals surface area contributed by atoms with Gasteiger partial charge in [0.15, 0.2) is 0 Å². The number of hydrogen-bond donors (Lipinski definition) is 1. The molecule has 8 nitrogen and oxygen atoms in total. The predicted octanol–water partition coefficient (Wildman–Crippen LogP) is 3.37. The van der Waals surface area contributed by atoms with Crippen LogP contribution in [0.3, 0.4) is 0 Å². The standard InChI is InChI=1S/C26H30N2O6/c1-27(2)17-12-10-16(11-13-17)23-22(24(29)21-19(32-3)8-5-9-20(21)33-4)25(30)26(31)28(23)15-18-7-6-14-34-18/h5,8-13,18,23,29H,6-7,14-15H2,1-4H3/b24-22+. The average Bonchev–Trinajstić information content (AvgIpc) is 3.45. The summed E-state index contributed by atoms with van der Waals surface area (Å²) >= 11 is 0. The van der Waals surface area contributed by atoms with Crippen molar-refractivity contribution >= 4 is 23.1 Å². The molecule has 1 N–H and O–H groups in total. The van der Waals surface area contributed by atoms with Crippen molar-refractivity contribution in [1.29, 1.82) is 0 Å². The van der Waals surface area contributed by atoms with Gasteiger partial charge in [-0.05, 0) is 42.7 Å². The molecule has 0 spiro atoms. The molecular weight excluding hydrogens is 436 g/mol. The van der Waals surface area contributed by atoms with Gasteiger partial charge in [-0.25, -0.2) is 0 Å². The lowest BCUT2D eigenvalue weighted by Crippen LogP contribution is -2.36. The SMILES string of the molecule is COc1cccc(OC)c1/C(O)=C1\C(=O)C(=O)N(CC2CCCO2)C1c1ccc(N(C)C)cc1. The lowest BCUT2D eigenvalue weighted by atomic mass is 9.94. The van der Waals surface area contributed by atoms with Crippen LogP contribution >= 0.6 is 0 Å². The molecule has 2 atom stereocenters. The summed E-state index contributed by atoms with van der Waals surface area (Å²) in [7, 11) is 6.82. The lowest BCUT2D eigenvalue weighted by molar-refractivity contribution is -0.140. The summed E-state index contributed by atoms with van der Waals surface area (Å²) in [6.07, 6.45) is 1.58. The zero-order valence-corrected chi connectivity index (χ0v) is 19.9. The van der Waals surface area contributed by atoms with Crippen LogP contribution in [0, 0.1) is 0 Å². The fourth-order valence-corrected chi connectivity index (χ4v) is 4.60. The number of anilines is 1. The van der Waals surface area contributed by atoms with Crippen LogP contribution in [0.2, 0.25) is 0 Å². The van der Waals surface area contributed by atoms with Crippen molar-refractivity contribution < 1.29 is 28.9 Å². The molecule has 2 aliphatic heterocycles. The largest absolute Gasteiger partial charge is 0.506 e. The summed E-state index contributed by atoms with van der Waals surface area (Å²) in [6.45, 7) is 0.902. The zero-order valence-electron chi connectivity index (χ0n) is 19.9. The van der Waals surface area contributed by atoms with Gasteiger partial charge in [0.25, 0.3) is 11.7 Å².